The van der Waals surface area contributed by atoms with Crippen molar-refractivity contribution in [2.24, 2.45) is 7.05 Å². The Bertz CT molecular complexity index is 1390. The van der Waals surface area contributed by atoms with Gasteiger partial charge >= 0.3 is 0 Å². The molecule has 0 spiro atoms. The summed E-state index contributed by atoms with van der Waals surface area (Å²) >= 11 is 0. The van der Waals surface area contributed by atoms with Crippen LogP contribution in [0.5, 0.6) is 0 Å². The lowest BCUT2D eigenvalue weighted by atomic mass is 9.91. The summed E-state index contributed by atoms with van der Waals surface area (Å²) in [5.41, 5.74) is 2.15. The highest BCUT2D eigenvalue weighted by Crippen LogP contribution is 2.34. The monoisotopic (exact) mass is 484 g/mol. The second-order valence-electron chi connectivity index (χ2n) is 9.26. The molecule has 3 atom stereocenters. The average Bonchev–Trinajstić information content (AvgIpc) is 2.81. The highest BCUT2D eigenvalue weighted by atomic mass is 19.3. The van der Waals surface area contributed by atoms with Crippen LogP contribution in [0.15, 0.2) is 41.2 Å². The summed E-state index contributed by atoms with van der Waals surface area (Å²) < 4.78 is 48.5. The van der Waals surface area contributed by atoms with Gasteiger partial charge in [0.2, 0.25) is 0 Å². The summed E-state index contributed by atoms with van der Waals surface area (Å²) in [4.78, 5) is 13.0. The Balaban J connectivity index is 1.59. The average molecular weight is 485 g/mol. The van der Waals surface area contributed by atoms with E-state index in [1.54, 1.807) is 14.0 Å². The molecule has 2 N–H and O–H groups in total. The third-order valence-electron chi connectivity index (χ3n) is 6.75. The van der Waals surface area contributed by atoms with Gasteiger partial charge in [-0.15, -0.1) is 0 Å². The van der Waals surface area contributed by atoms with Crippen LogP contribution in [0.1, 0.15) is 48.1 Å². The maximum atomic E-state index is 14.8. The van der Waals surface area contributed by atoms with Gasteiger partial charge in [0.05, 0.1) is 29.2 Å². The van der Waals surface area contributed by atoms with E-state index in [9.17, 15) is 18.0 Å². The number of nitrogens with one attached hydrogen (secondary N) is 2. The Morgan fingerprint density at radius 1 is 1.23 bits per heavy atom. The molecule has 1 fully saturated rings. The Morgan fingerprint density at radius 3 is 2.74 bits per heavy atom. The van der Waals surface area contributed by atoms with E-state index in [1.165, 1.54) is 16.8 Å². The molecular weight excluding hydrogens is 457 g/mol. The first-order chi connectivity index (χ1) is 16.7. The van der Waals surface area contributed by atoms with Gasteiger partial charge in [-0.2, -0.15) is 5.10 Å². The van der Waals surface area contributed by atoms with Crippen LogP contribution < -0.4 is 16.2 Å². The van der Waals surface area contributed by atoms with Crippen LogP contribution in [0.2, 0.25) is 0 Å². The van der Waals surface area contributed by atoms with Gasteiger partial charge in [-0.1, -0.05) is 30.3 Å². The molecule has 9 heteroatoms. The Hall–Kier alpha value is -3.17. The molecule has 6 nitrogen and oxygen atoms in total. The van der Waals surface area contributed by atoms with Gasteiger partial charge in [0.25, 0.3) is 12.0 Å². The van der Waals surface area contributed by atoms with Gasteiger partial charge in [-0.05, 0) is 36.6 Å². The first kappa shape index (κ1) is 23.6. The quantitative estimate of drug-likeness (QED) is 0.553. The van der Waals surface area contributed by atoms with E-state index in [1.807, 2.05) is 19.1 Å². The number of fused-ring (bicyclic) bond motifs is 3. The minimum Gasteiger partial charge on any atom is -0.368 e. The van der Waals surface area contributed by atoms with E-state index < -0.39 is 23.8 Å². The molecule has 0 saturated carbocycles. The van der Waals surface area contributed by atoms with E-state index in [4.69, 9.17) is 4.74 Å². The summed E-state index contributed by atoms with van der Waals surface area (Å²) in [6.45, 7) is 5.10. The zero-order valence-electron chi connectivity index (χ0n) is 19.7. The molecular formula is C26H27F3N4O2. The normalized spacial score (nSPS) is 20.7. The van der Waals surface area contributed by atoms with Crippen molar-refractivity contribution >= 4 is 22.2 Å². The standard InChI is InChI=1S/C26H27F3N4O2/c1-13-7-15(16-8-17-11-30-12-18(9-16)35-17)10-21-22(13)26(34)33(3)32-25(21)31-14(2)19-5-4-6-20(23(19)27)24(28)29/h4-8,10,14,17-18,24,30H,9,11-12H2,1-3H3,(H,31,32)/t14-,17-,18+/m1/s1. The topological polar surface area (TPSA) is 68.2 Å². The summed E-state index contributed by atoms with van der Waals surface area (Å²) in [6, 6.07) is 7.23. The molecule has 1 aromatic heterocycles. The molecule has 2 bridgehead atoms. The minimum atomic E-state index is -2.91. The molecule has 2 aliphatic heterocycles. The number of alkyl halides is 2. The SMILES string of the molecule is Cc1cc(C2=C[C@@H]3CNC[C@H](C2)O3)cc2c(N[C@H](C)c3cccc(C(F)F)c3F)nn(C)c(=O)c12. The van der Waals surface area contributed by atoms with Crippen molar-refractivity contribution in [1.29, 1.82) is 0 Å². The van der Waals surface area contributed by atoms with Gasteiger partial charge in [-0.3, -0.25) is 4.79 Å². The van der Waals surface area contributed by atoms with Crippen molar-refractivity contribution < 1.29 is 17.9 Å². The number of morpholine rings is 1. The lowest BCUT2D eigenvalue weighted by Gasteiger charge is -2.34. The van der Waals surface area contributed by atoms with Gasteiger partial charge < -0.3 is 15.4 Å². The van der Waals surface area contributed by atoms with Crippen LogP contribution in [-0.4, -0.2) is 35.1 Å². The molecule has 5 rings (SSSR count). The molecule has 2 aromatic carbocycles. The van der Waals surface area contributed by atoms with Crippen molar-refractivity contribution in [2.45, 2.75) is 44.9 Å². The number of benzene rings is 2. The Morgan fingerprint density at radius 2 is 2.00 bits per heavy atom. The fourth-order valence-corrected chi connectivity index (χ4v) is 5.02. The largest absolute Gasteiger partial charge is 0.368 e. The minimum absolute atomic E-state index is 0.00188. The number of nitrogens with zero attached hydrogens (tertiary/aromatic N) is 2. The third kappa shape index (κ3) is 4.34. The molecule has 0 aliphatic carbocycles. The van der Waals surface area contributed by atoms with Gasteiger partial charge in [0.15, 0.2) is 5.82 Å². The van der Waals surface area contributed by atoms with Crippen molar-refractivity contribution in [3.05, 3.63) is 74.8 Å². The van der Waals surface area contributed by atoms with Crippen molar-refractivity contribution in [3.63, 3.8) is 0 Å². The number of hydrogen-bond donors (Lipinski definition) is 2. The number of hydrogen-bond acceptors (Lipinski definition) is 5. The predicted molar refractivity (Wildman–Crippen MR) is 129 cm³/mol. The van der Waals surface area contributed by atoms with Crippen LogP contribution in [0.4, 0.5) is 19.0 Å². The van der Waals surface area contributed by atoms with E-state index in [0.29, 0.717) is 16.6 Å². The van der Waals surface area contributed by atoms with Gasteiger partial charge in [-0.25, -0.2) is 17.9 Å². The number of rotatable bonds is 5. The summed E-state index contributed by atoms with van der Waals surface area (Å²) in [5, 5.41) is 12.1. The van der Waals surface area contributed by atoms with Crippen molar-refractivity contribution in [1.82, 2.24) is 15.1 Å². The second kappa shape index (κ2) is 9.13. The fourth-order valence-electron chi connectivity index (χ4n) is 5.02. The summed E-state index contributed by atoms with van der Waals surface area (Å²) in [7, 11) is 1.55. The highest BCUT2D eigenvalue weighted by Gasteiger charge is 2.28. The van der Waals surface area contributed by atoms with E-state index >= 15 is 0 Å². The van der Waals surface area contributed by atoms with E-state index in [-0.39, 0.29) is 23.3 Å². The molecule has 3 aromatic rings. The van der Waals surface area contributed by atoms with Crippen molar-refractivity contribution in [2.75, 3.05) is 18.4 Å². The number of anilines is 1. The highest BCUT2D eigenvalue weighted by molar-refractivity contribution is 5.96. The van der Waals surface area contributed by atoms with Crippen LogP contribution in [0.25, 0.3) is 16.3 Å². The molecule has 1 saturated heterocycles. The fraction of sp³-hybridized carbons (Fsp3) is 0.385. The van der Waals surface area contributed by atoms with Crippen LogP contribution in [0.3, 0.4) is 0 Å². The first-order valence-electron chi connectivity index (χ1n) is 11.6. The van der Waals surface area contributed by atoms with Crippen LogP contribution in [-0.2, 0) is 11.8 Å². The molecule has 35 heavy (non-hydrogen) atoms. The molecule has 0 amide bonds. The first-order valence-corrected chi connectivity index (χ1v) is 11.6. The Kier molecular flexibility index (Phi) is 6.14. The maximum absolute atomic E-state index is 14.8. The molecule has 184 valence electrons. The number of aromatic nitrogens is 2. The van der Waals surface area contributed by atoms with Gasteiger partial charge in [0.1, 0.15) is 5.82 Å². The zero-order chi connectivity index (χ0) is 24.9. The molecule has 0 radical (unpaired) electrons. The molecule has 0 unspecified atom stereocenters. The maximum Gasteiger partial charge on any atom is 0.274 e. The Labute approximate surface area is 200 Å². The predicted octanol–water partition coefficient (Wildman–Crippen LogP) is 4.64. The third-order valence-corrected chi connectivity index (χ3v) is 6.75. The number of ether oxygens (including phenoxy) is 1. The second-order valence-corrected chi connectivity index (χ2v) is 9.26. The lowest BCUT2D eigenvalue weighted by Crippen LogP contribution is -2.46. The zero-order valence-corrected chi connectivity index (χ0v) is 19.7. The molecule has 3 heterocycles. The summed E-state index contributed by atoms with van der Waals surface area (Å²) in [5.74, 6) is -0.558. The molecule has 2 aliphatic rings. The van der Waals surface area contributed by atoms with Crippen LogP contribution in [0, 0.1) is 12.7 Å². The van der Waals surface area contributed by atoms with E-state index in [0.717, 1.165) is 42.3 Å². The summed E-state index contributed by atoms with van der Waals surface area (Å²) in [6.07, 6.45) is 0.0365. The van der Waals surface area contributed by atoms with Crippen molar-refractivity contribution in [3.8, 4) is 0 Å². The number of aryl methyl sites for hydroxylation is 2. The van der Waals surface area contributed by atoms with Crippen LogP contribution >= 0.6 is 0 Å². The van der Waals surface area contributed by atoms with Gasteiger partial charge in [0, 0.05) is 37.5 Å². The number of halogens is 3. The smallest absolute Gasteiger partial charge is 0.274 e. The van der Waals surface area contributed by atoms with E-state index in [2.05, 4.69) is 21.8 Å². The lowest BCUT2D eigenvalue weighted by molar-refractivity contribution is -0.0158.